The zero-order valence-corrected chi connectivity index (χ0v) is 10.3. The van der Waals surface area contributed by atoms with Gasteiger partial charge in [0.2, 0.25) is 5.91 Å². The number of carbonyl (C=O) groups excluding carboxylic acids is 1. The molecule has 2 aliphatic rings. The van der Waals surface area contributed by atoms with Crippen LogP contribution in [0.1, 0.15) is 33.6 Å². The van der Waals surface area contributed by atoms with Gasteiger partial charge in [-0.05, 0) is 25.3 Å². The Kier molecular flexibility index (Phi) is 2.97. The van der Waals surface area contributed by atoms with Gasteiger partial charge in [-0.3, -0.25) is 4.79 Å². The fourth-order valence-electron chi connectivity index (χ4n) is 2.59. The third kappa shape index (κ3) is 1.84. The maximum atomic E-state index is 12.0. The minimum atomic E-state index is -0.285. The molecule has 2 rings (SSSR count). The van der Waals surface area contributed by atoms with E-state index in [1.807, 2.05) is 13.8 Å². The van der Waals surface area contributed by atoms with Gasteiger partial charge in [0, 0.05) is 11.5 Å². The Morgan fingerprint density at radius 3 is 2.62 bits per heavy atom. The summed E-state index contributed by atoms with van der Waals surface area (Å²) in [7, 11) is 0. The van der Waals surface area contributed by atoms with E-state index in [1.165, 1.54) is 0 Å². The van der Waals surface area contributed by atoms with Gasteiger partial charge in [0.15, 0.2) is 0 Å². The number of hydrogen-bond donors (Lipinski definition) is 3. The van der Waals surface area contributed by atoms with E-state index in [1.54, 1.807) is 0 Å². The number of amides is 1. The highest BCUT2D eigenvalue weighted by molar-refractivity contribution is 5.82. The van der Waals surface area contributed by atoms with Gasteiger partial charge in [-0.15, -0.1) is 0 Å². The van der Waals surface area contributed by atoms with Gasteiger partial charge in [-0.2, -0.15) is 0 Å². The van der Waals surface area contributed by atoms with Gasteiger partial charge in [-0.1, -0.05) is 20.8 Å². The maximum Gasteiger partial charge on any atom is 0.237 e. The fraction of sp³-hybridized carbons (Fsp3) is 0.917. The van der Waals surface area contributed by atoms with E-state index >= 15 is 0 Å². The van der Waals surface area contributed by atoms with Gasteiger partial charge in [-0.25, -0.2) is 0 Å². The summed E-state index contributed by atoms with van der Waals surface area (Å²) in [6, 6.07) is 0.0677. The quantitative estimate of drug-likeness (QED) is 0.633. The number of carbonyl (C=O) groups is 1. The molecule has 0 bridgehead atoms. The Labute approximate surface area is 96.8 Å². The third-order valence-electron chi connectivity index (χ3n) is 4.35. The van der Waals surface area contributed by atoms with Crippen molar-refractivity contribution in [3.05, 3.63) is 0 Å². The Bertz CT molecular complexity index is 291. The summed E-state index contributed by atoms with van der Waals surface area (Å²) in [5.41, 5.74) is -0.183. The summed E-state index contributed by atoms with van der Waals surface area (Å²) >= 11 is 0. The average Bonchev–Trinajstić information content (AvgIpc) is 2.64. The van der Waals surface area contributed by atoms with Crippen LogP contribution in [0.4, 0.5) is 0 Å². The molecule has 0 aromatic rings. The van der Waals surface area contributed by atoms with Crippen LogP contribution < -0.4 is 10.6 Å². The van der Waals surface area contributed by atoms with Crippen molar-refractivity contribution in [3.63, 3.8) is 0 Å². The number of hydrogen-bond acceptors (Lipinski definition) is 3. The van der Waals surface area contributed by atoms with E-state index in [4.69, 9.17) is 0 Å². The van der Waals surface area contributed by atoms with Gasteiger partial charge in [0.25, 0.3) is 0 Å². The van der Waals surface area contributed by atoms with E-state index in [-0.39, 0.29) is 29.5 Å². The number of aliphatic hydroxyl groups is 1. The molecule has 4 nitrogen and oxygen atoms in total. The first-order valence-corrected chi connectivity index (χ1v) is 6.14. The Hall–Kier alpha value is -0.610. The molecule has 2 fully saturated rings. The standard InChI is InChI=1S/C12H22N2O2/c1-7-4-5-13-10(7)11(16)14-8-6-9(15)12(8,2)3/h7-10,13,15H,4-6H2,1-3H3,(H,14,16). The smallest absolute Gasteiger partial charge is 0.237 e. The summed E-state index contributed by atoms with van der Waals surface area (Å²) in [6.45, 7) is 7.02. The van der Waals surface area contributed by atoms with Gasteiger partial charge in [0.05, 0.1) is 12.1 Å². The first kappa shape index (κ1) is 11.9. The highest BCUT2D eigenvalue weighted by Crippen LogP contribution is 2.40. The third-order valence-corrected chi connectivity index (χ3v) is 4.35. The molecule has 3 N–H and O–H groups in total. The molecular weight excluding hydrogens is 204 g/mol. The van der Waals surface area contributed by atoms with Crippen LogP contribution >= 0.6 is 0 Å². The molecule has 1 amide bonds. The van der Waals surface area contributed by atoms with Crippen LogP contribution in [0.3, 0.4) is 0 Å². The molecule has 1 aliphatic carbocycles. The first-order chi connectivity index (χ1) is 7.43. The molecule has 1 aliphatic heterocycles. The molecule has 1 saturated heterocycles. The van der Waals surface area contributed by atoms with Gasteiger partial charge < -0.3 is 15.7 Å². The second kappa shape index (κ2) is 4.00. The average molecular weight is 226 g/mol. The molecule has 0 aromatic heterocycles. The second-order valence-electron chi connectivity index (χ2n) is 5.83. The summed E-state index contributed by atoms with van der Waals surface area (Å²) in [6.07, 6.45) is 1.46. The fourth-order valence-corrected chi connectivity index (χ4v) is 2.59. The molecule has 1 saturated carbocycles. The van der Waals surface area contributed by atoms with E-state index in [9.17, 15) is 9.90 Å². The predicted molar refractivity (Wildman–Crippen MR) is 61.9 cm³/mol. The van der Waals surface area contributed by atoms with Crippen LogP contribution in [0, 0.1) is 11.3 Å². The van der Waals surface area contributed by atoms with Gasteiger partial charge >= 0.3 is 0 Å². The van der Waals surface area contributed by atoms with Crippen molar-refractivity contribution < 1.29 is 9.90 Å². The first-order valence-electron chi connectivity index (χ1n) is 6.14. The molecule has 0 spiro atoms. The zero-order valence-electron chi connectivity index (χ0n) is 10.3. The maximum absolute atomic E-state index is 12.0. The molecule has 0 radical (unpaired) electrons. The lowest BCUT2D eigenvalue weighted by Crippen LogP contribution is -2.63. The topological polar surface area (TPSA) is 61.4 Å². The lowest BCUT2D eigenvalue weighted by molar-refractivity contribution is -0.131. The van der Waals surface area contributed by atoms with E-state index in [0.29, 0.717) is 12.3 Å². The van der Waals surface area contributed by atoms with Crippen LogP contribution in [-0.2, 0) is 4.79 Å². The highest BCUT2D eigenvalue weighted by Gasteiger charge is 2.48. The van der Waals surface area contributed by atoms with Crippen molar-refractivity contribution >= 4 is 5.91 Å². The predicted octanol–water partition coefficient (Wildman–Crippen LogP) is 0.260. The minimum Gasteiger partial charge on any atom is -0.392 e. The van der Waals surface area contributed by atoms with E-state index in [0.717, 1.165) is 13.0 Å². The molecular formula is C12H22N2O2. The summed E-state index contributed by atoms with van der Waals surface area (Å²) in [5.74, 6) is 0.503. The second-order valence-corrected chi connectivity index (χ2v) is 5.83. The van der Waals surface area contributed by atoms with Crippen LogP contribution in [0.5, 0.6) is 0 Å². The summed E-state index contributed by atoms with van der Waals surface area (Å²) < 4.78 is 0. The normalized spacial score (nSPS) is 41.5. The largest absolute Gasteiger partial charge is 0.392 e. The Morgan fingerprint density at radius 1 is 1.50 bits per heavy atom. The highest BCUT2D eigenvalue weighted by atomic mass is 16.3. The summed E-state index contributed by atoms with van der Waals surface area (Å²) in [5, 5.41) is 15.9. The van der Waals surface area contributed by atoms with E-state index < -0.39 is 0 Å². The molecule has 0 aromatic carbocycles. The molecule has 1 heterocycles. The van der Waals surface area contributed by atoms with Crippen LogP contribution in [0.15, 0.2) is 0 Å². The molecule has 16 heavy (non-hydrogen) atoms. The SMILES string of the molecule is CC1CCNC1C(=O)NC1CC(O)C1(C)C. The molecule has 92 valence electrons. The molecule has 4 unspecified atom stereocenters. The van der Waals surface area contributed by atoms with Crippen LogP contribution in [-0.4, -0.2) is 35.7 Å². The number of nitrogens with one attached hydrogen (secondary N) is 2. The summed E-state index contributed by atoms with van der Waals surface area (Å²) in [4.78, 5) is 12.0. The van der Waals surface area contributed by atoms with E-state index in [2.05, 4.69) is 17.6 Å². The van der Waals surface area contributed by atoms with Crippen molar-refractivity contribution in [1.29, 1.82) is 0 Å². The number of rotatable bonds is 2. The van der Waals surface area contributed by atoms with Crippen LogP contribution in [0.25, 0.3) is 0 Å². The van der Waals surface area contributed by atoms with Crippen molar-refractivity contribution in [2.75, 3.05) is 6.54 Å². The van der Waals surface area contributed by atoms with Gasteiger partial charge in [0.1, 0.15) is 0 Å². The zero-order chi connectivity index (χ0) is 11.9. The Morgan fingerprint density at radius 2 is 2.19 bits per heavy atom. The lowest BCUT2D eigenvalue weighted by atomic mass is 9.64. The van der Waals surface area contributed by atoms with Crippen molar-refractivity contribution in [3.8, 4) is 0 Å². The van der Waals surface area contributed by atoms with Crippen molar-refractivity contribution in [1.82, 2.24) is 10.6 Å². The van der Waals surface area contributed by atoms with Crippen molar-refractivity contribution in [2.24, 2.45) is 11.3 Å². The van der Waals surface area contributed by atoms with Crippen molar-refractivity contribution in [2.45, 2.75) is 51.8 Å². The minimum absolute atomic E-state index is 0.0476. The molecule has 4 heteroatoms. The lowest BCUT2D eigenvalue weighted by Gasteiger charge is -2.49. The number of aliphatic hydroxyl groups excluding tert-OH is 1. The van der Waals surface area contributed by atoms with Crippen LogP contribution in [0.2, 0.25) is 0 Å². The Balaban J connectivity index is 1.89. The monoisotopic (exact) mass is 226 g/mol. The molecule has 4 atom stereocenters.